The Morgan fingerprint density at radius 3 is 2.48 bits per heavy atom. The third-order valence-electron chi connectivity index (χ3n) is 7.79. The van der Waals surface area contributed by atoms with E-state index >= 15 is 0 Å². The van der Waals surface area contributed by atoms with Gasteiger partial charge in [0.2, 0.25) is 0 Å². The molecule has 0 aliphatic carbocycles. The molecular formula is C36H38ClF3N4O5S. The van der Waals surface area contributed by atoms with E-state index in [1.54, 1.807) is 37.3 Å². The third kappa shape index (κ3) is 11.6. The lowest BCUT2D eigenvalue weighted by Crippen LogP contribution is -2.30. The summed E-state index contributed by atoms with van der Waals surface area (Å²) in [6.07, 6.45) is 0.0865. The number of benzene rings is 3. The van der Waals surface area contributed by atoms with Gasteiger partial charge in [-0.3, -0.25) is 19.2 Å². The number of ketones is 1. The zero-order valence-corrected chi connectivity index (χ0v) is 29.1. The van der Waals surface area contributed by atoms with Gasteiger partial charge in [-0.1, -0.05) is 29.8 Å². The third-order valence-corrected chi connectivity index (χ3v) is 9.15. The highest BCUT2D eigenvalue weighted by Crippen LogP contribution is 2.35. The van der Waals surface area contributed by atoms with Gasteiger partial charge in [-0.25, -0.2) is 5.43 Å². The van der Waals surface area contributed by atoms with Gasteiger partial charge >= 0.3 is 12.1 Å². The van der Waals surface area contributed by atoms with Crippen molar-refractivity contribution in [2.45, 2.75) is 57.4 Å². The van der Waals surface area contributed by atoms with Crippen LogP contribution in [0, 0.1) is 0 Å². The molecule has 0 unspecified atom stereocenters. The minimum Gasteiger partial charge on any atom is -0.466 e. The Balaban J connectivity index is 1.43. The molecule has 266 valence electrons. The molecule has 1 heterocycles. The van der Waals surface area contributed by atoms with Crippen LogP contribution in [-0.4, -0.2) is 55.2 Å². The summed E-state index contributed by atoms with van der Waals surface area (Å²) in [5.41, 5.74) is 3.81. The first-order chi connectivity index (χ1) is 23.9. The average Bonchev–Trinajstić information content (AvgIpc) is 3.10. The lowest BCUT2D eigenvalue weighted by Gasteiger charge is -2.29. The number of carbonyl (C=O) groups is 4. The van der Waals surface area contributed by atoms with E-state index in [1.807, 2.05) is 12.1 Å². The van der Waals surface area contributed by atoms with Crippen molar-refractivity contribution in [2.75, 3.05) is 35.7 Å². The van der Waals surface area contributed by atoms with Crippen LogP contribution >= 0.6 is 23.4 Å². The van der Waals surface area contributed by atoms with Crippen molar-refractivity contribution in [1.29, 1.82) is 0 Å². The normalized spacial score (nSPS) is 13.3. The second-order valence-corrected chi connectivity index (χ2v) is 13.0. The van der Waals surface area contributed by atoms with Gasteiger partial charge in [-0.05, 0) is 79.8 Å². The molecule has 2 amide bonds. The van der Waals surface area contributed by atoms with Gasteiger partial charge in [0, 0.05) is 48.7 Å². The first kappa shape index (κ1) is 38.4. The fourth-order valence-corrected chi connectivity index (χ4v) is 6.37. The molecule has 3 aromatic carbocycles. The van der Waals surface area contributed by atoms with Crippen LogP contribution in [0.25, 0.3) is 0 Å². The quantitative estimate of drug-likeness (QED) is 0.0707. The van der Waals surface area contributed by atoms with Crippen molar-refractivity contribution in [3.05, 3.63) is 93.5 Å². The van der Waals surface area contributed by atoms with Gasteiger partial charge < -0.3 is 15.0 Å². The molecule has 0 atom stereocenters. The van der Waals surface area contributed by atoms with Crippen molar-refractivity contribution in [3.63, 3.8) is 0 Å². The molecular weight excluding hydrogens is 693 g/mol. The number of rotatable bonds is 15. The molecule has 50 heavy (non-hydrogen) atoms. The Labute approximate surface area is 298 Å². The number of amides is 2. The van der Waals surface area contributed by atoms with Gasteiger partial charge in [-0.15, -0.1) is 0 Å². The Morgan fingerprint density at radius 1 is 0.960 bits per heavy atom. The maximum atomic E-state index is 13.4. The number of esters is 1. The average molecular weight is 731 g/mol. The number of Topliss-reactive ketones (excluding diaryl/α,β-unsaturated/α-hetero) is 1. The number of hydrogen-bond acceptors (Lipinski definition) is 8. The first-order valence-corrected chi connectivity index (χ1v) is 17.7. The summed E-state index contributed by atoms with van der Waals surface area (Å²) >= 11 is 7.23. The number of thioether (sulfide) groups is 1. The zero-order chi connectivity index (χ0) is 36.1. The Kier molecular flexibility index (Phi) is 14.3. The van der Waals surface area contributed by atoms with E-state index in [-0.39, 0.29) is 48.0 Å². The maximum Gasteiger partial charge on any atom is 0.417 e. The predicted molar refractivity (Wildman–Crippen MR) is 190 cm³/mol. The van der Waals surface area contributed by atoms with Crippen LogP contribution in [0.3, 0.4) is 0 Å². The van der Waals surface area contributed by atoms with Crippen molar-refractivity contribution < 1.29 is 37.1 Å². The van der Waals surface area contributed by atoms with Crippen LogP contribution in [-0.2, 0) is 26.3 Å². The molecule has 3 aromatic rings. The molecule has 0 aromatic heterocycles. The Morgan fingerprint density at radius 2 is 1.74 bits per heavy atom. The highest BCUT2D eigenvalue weighted by atomic mass is 35.5. The number of hydrogen-bond donors (Lipinski definition) is 2. The number of anilines is 2. The molecule has 1 saturated heterocycles. The van der Waals surface area contributed by atoms with Crippen LogP contribution < -0.4 is 15.6 Å². The van der Waals surface area contributed by atoms with Crippen molar-refractivity contribution >= 4 is 64.5 Å². The number of piperidine rings is 1. The van der Waals surface area contributed by atoms with E-state index in [1.165, 1.54) is 17.8 Å². The molecule has 1 aliphatic heterocycles. The molecule has 14 heteroatoms. The van der Waals surface area contributed by atoms with Gasteiger partial charge in [-0.2, -0.15) is 30.0 Å². The molecule has 1 fully saturated rings. The minimum absolute atomic E-state index is 0.0175. The second-order valence-electron chi connectivity index (χ2n) is 11.5. The Hall–Kier alpha value is -4.36. The smallest absolute Gasteiger partial charge is 0.417 e. The molecule has 1 aliphatic rings. The minimum atomic E-state index is -4.65. The van der Waals surface area contributed by atoms with E-state index < -0.39 is 28.6 Å². The van der Waals surface area contributed by atoms with E-state index in [0.717, 1.165) is 62.0 Å². The van der Waals surface area contributed by atoms with E-state index in [9.17, 15) is 32.3 Å². The van der Waals surface area contributed by atoms with Gasteiger partial charge in [0.05, 0.1) is 41.1 Å². The lowest BCUT2D eigenvalue weighted by molar-refractivity contribution is -0.144. The summed E-state index contributed by atoms with van der Waals surface area (Å²) in [6.45, 7) is 3.62. The summed E-state index contributed by atoms with van der Waals surface area (Å²) in [6, 6.07) is 15.4. The van der Waals surface area contributed by atoms with E-state index in [0.29, 0.717) is 23.5 Å². The Bertz CT molecular complexity index is 1710. The molecule has 0 spiro atoms. The summed E-state index contributed by atoms with van der Waals surface area (Å²) in [5.74, 6) is -0.402. The van der Waals surface area contributed by atoms with Crippen LogP contribution in [0.4, 0.5) is 24.5 Å². The molecule has 4 rings (SSSR count). The number of alkyl halides is 3. The molecule has 2 N–H and O–H groups in total. The van der Waals surface area contributed by atoms with Crippen LogP contribution in [0.2, 0.25) is 5.02 Å². The van der Waals surface area contributed by atoms with Crippen molar-refractivity contribution in [1.82, 2.24) is 5.43 Å². The molecule has 0 radical (unpaired) electrons. The van der Waals surface area contributed by atoms with E-state index in [4.69, 9.17) is 16.3 Å². The summed E-state index contributed by atoms with van der Waals surface area (Å²) in [5, 5.41) is 6.24. The monoisotopic (exact) mass is 730 g/mol. The highest BCUT2D eigenvalue weighted by molar-refractivity contribution is 7.98. The van der Waals surface area contributed by atoms with Crippen LogP contribution in [0.15, 0.2) is 65.8 Å². The first-order valence-electron chi connectivity index (χ1n) is 16.2. The van der Waals surface area contributed by atoms with Gasteiger partial charge in [0.1, 0.15) is 5.78 Å². The largest absolute Gasteiger partial charge is 0.466 e. The van der Waals surface area contributed by atoms with Crippen molar-refractivity contribution in [3.8, 4) is 0 Å². The van der Waals surface area contributed by atoms with Crippen LogP contribution in [0.1, 0.15) is 82.9 Å². The van der Waals surface area contributed by atoms with Gasteiger partial charge in [0.25, 0.3) is 11.8 Å². The van der Waals surface area contributed by atoms with Crippen molar-refractivity contribution in [2.24, 2.45) is 5.10 Å². The van der Waals surface area contributed by atoms with Crippen LogP contribution in [0.5, 0.6) is 0 Å². The SMILES string of the molecule is CCOC(=O)CCC(=O)CCSCc1cccc(C(=O)Nc2ccc(N3CCCCC3)cc2C(=O)N/N=C/c2ccc(Cl)c(C(F)(F)F)c2)c1. The number of carbonyl (C=O) groups excluding carboxylic acids is 4. The standard InChI is InChI=1S/C36H38ClF3N4O5S/c1-2-49-33(46)14-11-28(45)15-18-50-23-25-7-6-8-26(19-25)34(47)42-32-13-10-27(44-16-4-3-5-17-44)21-29(32)35(48)43-41-22-24-9-12-31(37)30(20-24)36(38,39)40/h6-10,12-13,19-22H,2-5,11,14-18,23H2,1H3,(H,42,47)(H,43,48)/b41-22+. The highest BCUT2D eigenvalue weighted by Gasteiger charge is 2.33. The number of halogens is 4. The summed E-state index contributed by atoms with van der Waals surface area (Å²) in [7, 11) is 0. The van der Waals surface area contributed by atoms with E-state index in [2.05, 4.69) is 20.7 Å². The maximum absolute atomic E-state index is 13.4. The fourth-order valence-electron chi connectivity index (χ4n) is 5.22. The number of hydrazone groups is 1. The number of nitrogens with zero attached hydrogens (tertiary/aromatic N) is 2. The molecule has 0 saturated carbocycles. The lowest BCUT2D eigenvalue weighted by atomic mass is 10.1. The second kappa shape index (κ2) is 18.6. The topological polar surface area (TPSA) is 117 Å². The summed E-state index contributed by atoms with van der Waals surface area (Å²) < 4.78 is 44.7. The molecule has 0 bridgehead atoms. The zero-order valence-electron chi connectivity index (χ0n) is 27.5. The van der Waals surface area contributed by atoms with Gasteiger partial charge in [0.15, 0.2) is 0 Å². The number of nitrogens with one attached hydrogen (secondary N) is 2. The number of ether oxygens (including phenoxy) is 1. The molecule has 9 nitrogen and oxygen atoms in total. The fraction of sp³-hybridized carbons (Fsp3) is 0.361. The summed E-state index contributed by atoms with van der Waals surface area (Å²) in [4.78, 5) is 52.5. The predicted octanol–water partition coefficient (Wildman–Crippen LogP) is 7.90.